The second-order valence-corrected chi connectivity index (χ2v) is 26.4. The van der Waals surface area contributed by atoms with Gasteiger partial charge in [-0.1, -0.05) is 287 Å². The largest absolute Gasteiger partial charge is 0.756 e. The molecule has 0 bridgehead atoms. The van der Waals surface area contributed by atoms with E-state index >= 15 is 0 Å². The Morgan fingerprint density at radius 3 is 1.15 bits per heavy atom. The number of hydrogen-bond acceptors (Lipinski definition) is 7. The maximum Gasteiger partial charge on any atom is 0.306 e. The number of carbonyl (C=O) groups excluding carboxylic acids is 2. The molecule has 0 aromatic rings. The van der Waals surface area contributed by atoms with Crippen molar-refractivity contribution in [2.24, 2.45) is 0 Å². The molecule has 0 aromatic carbocycles. The van der Waals surface area contributed by atoms with Crippen LogP contribution in [0.4, 0.5) is 0 Å². The number of quaternary nitrogens is 1. The number of esters is 1. The highest BCUT2D eigenvalue weighted by molar-refractivity contribution is 7.45. The first-order chi connectivity index (χ1) is 39.9. The molecule has 0 fully saturated rings. The number of carbonyl (C=O) groups is 2. The minimum Gasteiger partial charge on any atom is -0.756 e. The minimum atomic E-state index is -4.70. The highest BCUT2D eigenvalue weighted by Gasteiger charge is 2.27. The third-order valence-electron chi connectivity index (χ3n) is 15.7. The van der Waals surface area contributed by atoms with Crippen LogP contribution in [0, 0.1) is 0 Å². The molecule has 0 spiro atoms. The van der Waals surface area contributed by atoms with Crippen LogP contribution in [0.5, 0.6) is 0 Å². The lowest BCUT2D eigenvalue weighted by atomic mass is 10.0. The molecule has 0 radical (unpaired) electrons. The summed E-state index contributed by atoms with van der Waals surface area (Å²) in [5.41, 5.74) is 0. The Bertz CT molecular complexity index is 1590. The van der Waals surface area contributed by atoms with E-state index < -0.39 is 20.0 Å². The summed E-state index contributed by atoms with van der Waals surface area (Å²) in [5.74, 6) is -0.535. The quantitative estimate of drug-likeness (QED) is 0.0212. The van der Waals surface area contributed by atoms with Gasteiger partial charge in [-0.25, -0.2) is 0 Å². The number of phosphoric acid groups is 1. The molecule has 0 heterocycles. The zero-order valence-electron chi connectivity index (χ0n) is 54.9. The van der Waals surface area contributed by atoms with E-state index in [4.69, 9.17) is 13.8 Å². The predicted molar refractivity (Wildman–Crippen MR) is 353 cm³/mol. The summed E-state index contributed by atoms with van der Waals surface area (Å²) >= 11 is 0. The van der Waals surface area contributed by atoms with Gasteiger partial charge in [0.25, 0.3) is 7.82 Å². The topological polar surface area (TPSA) is 114 Å². The van der Waals surface area contributed by atoms with Crippen LogP contribution >= 0.6 is 7.82 Å². The second kappa shape index (κ2) is 61.8. The maximum absolute atomic E-state index is 13.6. The van der Waals surface area contributed by atoms with Gasteiger partial charge in [-0.3, -0.25) is 14.2 Å². The van der Waals surface area contributed by atoms with Gasteiger partial charge in [0.1, 0.15) is 19.3 Å². The molecule has 0 aromatic heterocycles. The number of allylic oxidation sites excluding steroid dienone is 9. The van der Waals surface area contributed by atoms with E-state index in [1.165, 1.54) is 218 Å². The SMILES string of the molecule is CCCCC/C=C\C/C=C\C/C=C\CCCCCCCCCCCCCCCCC(=O)NC(COP(=O)([O-])OCC[N+](C)(C)C)C(/C=C\CCCCCCCCCCCC)OC(=O)CCCCCCCCC/C=C/CCCCCCCC. The number of unbranched alkanes of at least 4 members (excludes halogenated alkanes) is 40. The van der Waals surface area contributed by atoms with Crippen LogP contribution in [-0.4, -0.2) is 69.4 Å². The van der Waals surface area contributed by atoms with E-state index in [-0.39, 0.29) is 31.5 Å². The number of nitrogens with zero attached hydrogens (tertiary/aromatic N) is 1. The van der Waals surface area contributed by atoms with Crippen LogP contribution in [0.15, 0.2) is 60.8 Å². The van der Waals surface area contributed by atoms with Crippen LogP contribution in [0.2, 0.25) is 0 Å². The fraction of sp³-hybridized carbons (Fsp3) is 0.833. The normalized spacial score (nSPS) is 13.9. The second-order valence-electron chi connectivity index (χ2n) is 25.0. The number of likely N-dealkylation sites (N-methyl/N-ethyl adjacent to an activating group) is 1. The summed E-state index contributed by atoms with van der Waals surface area (Å²) in [5, 5.41) is 3.04. The van der Waals surface area contributed by atoms with E-state index in [2.05, 4.69) is 74.7 Å². The summed E-state index contributed by atoms with van der Waals surface area (Å²) < 4.78 is 30.4. The Kier molecular flexibility index (Phi) is 60.1. The Labute approximate surface area is 509 Å². The fourth-order valence-electron chi connectivity index (χ4n) is 10.2. The molecular weight excluding hydrogens is 1040 g/mol. The summed E-state index contributed by atoms with van der Waals surface area (Å²) in [6.07, 6.45) is 79.1. The zero-order chi connectivity index (χ0) is 60.0. The monoisotopic (exact) mass is 1170 g/mol. The predicted octanol–water partition coefficient (Wildman–Crippen LogP) is 21.5. The van der Waals surface area contributed by atoms with Gasteiger partial charge in [0, 0.05) is 12.8 Å². The molecular formula is C72H135N2O7P. The van der Waals surface area contributed by atoms with Gasteiger partial charge in [-0.2, -0.15) is 0 Å². The van der Waals surface area contributed by atoms with Crippen molar-refractivity contribution in [2.45, 2.75) is 348 Å². The van der Waals surface area contributed by atoms with E-state index in [9.17, 15) is 19.0 Å². The summed E-state index contributed by atoms with van der Waals surface area (Å²) in [6.45, 7) is 6.84. The van der Waals surface area contributed by atoms with Crippen molar-refractivity contribution in [1.29, 1.82) is 0 Å². The highest BCUT2D eigenvalue weighted by atomic mass is 31.2. The molecule has 1 amide bonds. The number of nitrogens with one attached hydrogen (secondary N) is 1. The summed E-state index contributed by atoms with van der Waals surface area (Å²) in [6, 6.07) is -0.891. The first kappa shape index (κ1) is 79.7. The summed E-state index contributed by atoms with van der Waals surface area (Å²) in [7, 11) is 1.19. The van der Waals surface area contributed by atoms with Gasteiger partial charge < -0.3 is 28.5 Å². The molecule has 82 heavy (non-hydrogen) atoms. The molecule has 0 aliphatic rings. The number of hydrogen-bond donors (Lipinski definition) is 1. The van der Waals surface area contributed by atoms with Gasteiger partial charge in [0.05, 0.1) is 33.8 Å². The zero-order valence-corrected chi connectivity index (χ0v) is 55.8. The lowest BCUT2D eigenvalue weighted by molar-refractivity contribution is -0.870. The molecule has 0 rings (SSSR count). The van der Waals surface area contributed by atoms with E-state index in [0.29, 0.717) is 17.4 Å². The number of ether oxygens (including phenoxy) is 1. The smallest absolute Gasteiger partial charge is 0.306 e. The molecule has 0 saturated heterocycles. The van der Waals surface area contributed by atoms with Crippen LogP contribution in [0.3, 0.4) is 0 Å². The highest BCUT2D eigenvalue weighted by Crippen LogP contribution is 2.38. The van der Waals surface area contributed by atoms with Crippen molar-refractivity contribution in [1.82, 2.24) is 5.32 Å². The van der Waals surface area contributed by atoms with Crippen molar-refractivity contribution in [3.63, 3.8) is 0 Å². The van der Waals surface area contributed by atoms with Crippen molar-refractivity contribution in [2.75, 3.05) is 40.9 Å². The molecule has 0 saturated carbocycles. The average Bonchev–Trinajstić information content (AvgIpc) is 3.47. The molecule has 0 aliphatic carbocycles. The van der Waals surface area contributed by atoms with Crippen molar-refractivity contribution < 1.29 is 37.3 Å². The summed E-state index contributed by atoms with van der Waals surface area (Å²) in [4.78, 5) is 40.1. The molecule has 3 unspecified atom stereocenters. The number of phosphoric ester groups is 1. The standard InChI is InChI=1S/C72H135N2O7P/c1-7-10-13-16-19-22-25-28-30-32-33-34-35-36-37-38-39-40-41-43-44-46-49-52-55-58-61-64-71(75)73-69(68-80-82(77,78)79-67-66-74(4,5)6)70(63-60-57-54-51-48-27-24-21-18-15-12-9-3)81-72(76)65-62-59-56-53-50-47-45-42-31-29-26-23-20-17-14-11-8-2/h19,22,28-31,33-34,60,63,69-70H,7-18,20-21,23-27,32,35-59,61-62,64-68H2,1-6H3,(H-,73,75,77,78)/b22-19-,30-28-,31-29+,34-33-,63-60-. The fourth-order valence-corrected chi connectivity index (χ4v) is 11.0. The number of rotatable bonds is 64. The Morgan fingerprint density at radius 1 is 0.427 bits per heavy atom. The Hall–Kier alpha value is -2.29. The van der Waals surface area contributed by atoms with E-state index in [1.54, 1.807) is 0 Å². The van der Waals surface area contributed by atoms with E-state index in [1.807, 2.05) is 33.3 Å². The van der Waals surface area contributed by atoms with Crippen molar-refractivity contribution >= 4 is 19.7 Å². The van der Waals surface area contributed by atoms with Gasteiger partial charge in [-0.15, -0.1) is 0 Å². The molecule has 480 valence electrons. The lowest BCUT2D eigenvalue weighted by Gasteiger charge is -2.30. The third-order valence-corrected chi connectivity index (χ3v) is 16.6. The van der Waals surface area contributed by atoms with E-state index in [0.717, 1.165) is 83.5 Å². The Balaban J connectivity index is 5.03. The van der Waals surface area contributed by atoms with Gasteiger partial charge in [0.15, 0.2) is 0 Å². The van der Waals surface area contributed by atoms with Gasteiger partial charge in [-0.05, 0) is 96.0 Å². The average molecular weight is 1170 g/mol. The molecule has 3 atom stereocenters. The van der Waals surface area contributed by atoms with Crippen LogP contribution in [0.1, 0.15) is 335 Å². The molecule has 10 heteroatoms. The van der Waals surface area contributed by atoms with Gasteiger partial charge in [0.2, 0.25) is 5.91 Å². The third kappa shape index (κ3) is 62.2. The van der Waals surface area contributed by atoms with Crippen LogP contribution in [-0.2, 0) is 27.9 Å². The number of amides is 1. The maximum atomic E-state index is 13.6. The first-order valence-electron chi connectivity index (χ1n) is 35.1. The minimum absolute atomic E-state index is 0.0228. The van der Waals surface area contributed by atoms with Crippen LogP contribution in [0.25, 0.3) is 0 Å². The molecule has 9 nitrogen and oxygen atoms in total. The van der Waals surface area contributed by atoms with Crippen molar-refractivity contribution in [3.8, 4) is 0 Å². The molecule has 1 N–H and O–H groups in total. The molecule has 0 aliphatic heterocycles. The van der Waals surface area contributed by atoms with Crippen molar-refractivity contribution in [3.05, 3.63) is 60.8 Å². The van der Waals surface area contributed by atoms with Gasteiger partial charge >= 0.3 is 5.97 Å². The van der Waals surface area contributed by atoms with Crippen LogP contribution < -0.4 is 10.2 Å². The first-order valence-corrected chi connectivity index (χ1v) is 36.6. The Morgan fingerprint density at radius 2 is 0.744 bits per heavy atom. The lowest BCUT2D eigenvalue weighted by Crippen LogP contribution is -2.47.